The molecule has 4 rings (SSSR count). The van der Waals surface area contributed by atoms with Gasteiger partial charge in [-0.3, -0.25) is 4.79 Å². The minimum Gasteiger partial charge on any atom is -0.507 e. The molecule has 6 nitrogen and oxygen atoms in total. The van der Waals surface area contributed by atoms with Gasteiger partial charge in [-0.25, -0.2) is 4.98 Å². The molecule has 148 valence electrons. The normalized spacial score (nSPS) is 16.2. The summed E-state index contributed by atoms with van der Waals surface area (Å²) < 4.78 is 0. The molecule has 1 saturated heterocycles. The summed E-state index contributed by atoms with van der Waals surface area (Å²) >= 11 is 6.43. The molecule has 1 aromatic heterocycles. The van der Waals surface area contributed by atoms with Gasteiger partial charge in [0.15, 0.2) is 0 Å². The van der Waals surface area contributed by atoms with Gasteiger partial charge in [-0.1, -0.05) is 29.8 Å². The highest BCUT2D eigenvalue weighted by Gasteiger charge is 2.22. The van der Waals surface area contributed by atoms with Gasteiger partial charge in [-0.15, -0.1) is 0 Å². The zero-order chi connectivity index (χ0) is 20.5. The number of aromatic hydroxyl groups is 1. The first-order valence-corrected chi connectivity index (χ1v) is 9.71. The Labute approximate surface area is 173 Å². The van der Waals surface area contributed by atoms with Gasteiger partial charge >= 0.3 is 0 Å². The fourth-order valence-corrected chi connectivity index (χ4v) is 3.81. The third-order valence-corrected chi connectivity index (χ3v) is 5.43. The van der Waals surface area contributed by atoms with E-state index in [0.717, 1.165) is 36.5 Å². The Morgan fingerprint density at radius 2 is 1.93 bits per heavy atom. The SMILES string of the molecule is NC(=O)c1cc(-c2cc(-c3ccccc3Cl)cc(N3CCC(N)C3)n2)ccc1O. The van der Waals surface area contributed by atoms with E-state index in [-0.39, 0.29) is 17.4 Å². The van der Waals surface area contributed by atoms with Crippen molar-refractivity contribution in [1.82, 2.24) is 4.98 Å². The summed E-state index contributed by atoms with van der Waals surface area (Å²) in [7, 11) is 0. The Hall–Kier alpha value is -3.09. The van der Waals surface area contributed by atoms with Crippen LogP contribution in [0.1, 0.15) is 16.8 Å². The summed E-state index contributed by atoms with van der Waals surface area (Å²) in [5.74, 6) is -0.0642. The van der Waals surface area contributed by atoms with E-state index >= 15 is 0 Å². The van der Waals surface area contributed by atoms with Gasteiger partial charge in [0, 0.05) is 35.3 Å². The van der Waals surface area contributed by atoms with Gasteiger partial charge in [0.2, 0.25) is 0 Å². The molecule has 1 fully saturated rings. The second kappa shape index (κ2) is 7.73. The van der Waals surface area contributed by atoms with E-state index in [1.807, 2.05) is 36.4 Å². The summed E-state index contributed by atoms with van der Waals surface area (Å²) in [5, 5.41) is 10.6. The molecular weight excluding hydrogens is 388 g/mol. The maximum atomic E-state index is 11.7. The standard InChI is InChI=1S/C22H21ClN4O2/c23-18-4-2-1-3-16(18)14-10-19(13-5-6-20(28)17(9-13)22(25)29)26-21(11-14)27-8-7-15(24)12-27/h1-6,9-11,15,28H,7-8,12,24H2,(H2,25,29). The molecule has 2 heterocycles. The van der Waals surface area contributed by atoms with Crippen molar-refractivity contribution in [3.63, 3.8) is 0 Å². The lowest BCUT2D eigenvalue weighted by molar-refractivity contribution is 0.0998. The number of halogens is 1. The van der Waals surface area contributed by atoms with Crippen molar-refractivity contribution in [3.05, 3.63) is 65.2 Å². The molecule has 0 bridgehead atoms. The maximum Gasteiger partial charge on any atom is 0.252 e. The summed E-state index contributed by atoms with van der Waals surface area (Å²) in [6, 6.07) is 16.3. The predicted octanol–water partition coefficient (Wildman–Crippen LogP) is 3.41. The van der Waals surface area contributed by atoms with Crippen molar-refractivity contribution in [2.45, 2.75) is 12.5 Å². The highest BCUT2D eigenvalue weighted by atomic mass is 35.5. The molecule has 29 heavy (non-hydrogen) atoms. The number of primary amides is 1. The Bertz CT molecular complexity index is 1090. The van der Waals surface area contributed by atoms with Crippen LogP contribution >= 0.6 is 11.6 Å². The van der Waals surface area contributed by atoms with E-state index < -0.39 is 5.91 Å². The van der Waals surface area contributed by atoms with Crippen molar-refractivity contribution >= 4 is 23.3 Å². The summed E-state index contributed by atoms with van der Waals surface area (Å²) in [6.45, 7) is 1.54. The molecule has 7 heteroatoms. The van der Waals surface area contributed by atoms with E-state index in [1.54, 1.807) is 12.1 Å². The van der Waals surface area contributed by atoms with Crippen LogP contribution < -0.4 is 16.4 Å². The van der Waals surface area contributed by atoms with Gasteiger partial charge in [0.05, 0.1) is 11.3 Å². The van der Waals surface area contributed by atoms with Crippen molar-refractivity contribution in [2.75, 3.05) is 18.0 Å². The van der Waals surface area contributed by atoms with Crippen LogP contribution in [-0.4, -0.2) is 35.1 Å². The van der Waals surface area contributed by atoms with Crippen LogP contribution in [0.2, 0.25) is 5.02 Å². The molecule has 2 aromatic carbocycles. The Morgan fingerprint density at radius 1 is 1.14 bits per heavy atom. The van der Waals surface area contributed by atoms with E-state index in [0.29, 0.717) is 16.3 Å². The summed E-state index contributed by atoms with van der Waals surface area (Å²) in [6.07, 6.45) is 0.901. The lowest BCUT2D eigenvalue weighted by atomic mass is 10.0. The first-order valence-electron chi connectivity index (χ1n) is 9.33. The van der Waals surface area contributed by atoms with Gasteiger partial charge in [0.25, 0.3) is 5.91 Å². The Balaban J connectivity index is 1.87. The zero-order valence-corrected chi connectivity index (χ0v) is 16.4. The number of amides is 1. The van der Waals surface area contributed by atoms with Crippen LogP contribution in [0.5, 0.6) is 5.75 Å². The highest BCUT2D eigenvalue weighted by molar-refractivity contribution is 6.33. The van der Waals surface area contributed by atoms with Crippen LogP contribution in [0.15, 0.2) is 54.6 Å². The van der Waals surface area contributed by atoms with E-state index in [9.17, 15) is 9.90 Å². The van der Waals surface area contributed by atoms with Crippen molar-refractivity contribution in [1.29, 1.82) is 0 Å². The molecule has 1 unspecified atom stereocenters. The maximum absolute atomic E-state index is 11.7. The second-order valence-electron chi connectivity index (χ2n) is 7.17. The molecule has 1 aliphatic rings. The monoisotopic (exact) mass is 408 g/mol. The minimum atomic E-state index is -0.697. The number of nitrogens with two attached hydrogens (primary N) is 2. The molecular formula is C22H21ClN4O2. The van der Waals surface area contributed by atoms with Gasteiger partial charge in [-0.05, 0) is 48.4 Å². The van der Waals surface area contributed by atoms with Gasteiger partial charge in [0.1, 0.15) is 11.6 Å². The number of rotatable bonds is 4. The topological polar surface area (TPSA) is 105 Å². The number of phenols is 1. The number of hydrogen-bond donors (Lipinski definition) is 3. The van der Waals surface area contributed by atoms with Crippen LogP contribution in [0.4, 0.5) is 5.82 Å². The second-order valence-corrected chi connectivity index (χ2v) is 7.58. The molecule has 0 spiro atoms. The molecule has 1 atom stereocenters. The number of carbonyl (C=O) groups excluding carboxylic acids is 1. The van der Waals surface area contributed by atoms with Gasteiger partial charge in [-0.2, -0.15) is 0 Å². The summed E-state index contributed by atoms with van der Waals surface area (Å²) in [5.41, 5.74) is 14.6. The number of benzene rings is 2. The lowest BCUT2D eigenvalue weighted by Gasteiger charge is -2.20. The van der Waals surface area contributed by atoms with E-state index in [4.69, 9.17) is 28.1 Å². The van der Waals surface area contributed by atoms with Crippen LogP contribution in [0, 0.1) is 0 Å². The molecule has 3 aromatic rings. The molecule has 1 amide bonds. The average Bonchev–Trinajstić information content (AvgIpc) is 3.14. The van der Waals surface area contributed by atoms with E-state index in [2.05, 4.69) is 4.90 Å². The van der Waals surface area contributed by atoms with Crippen LogP contribution in [0.3, 0.4) is 0 Å². The molecule has 0 aliphatic carbocycles. The lowest BCUT2D eigenvalue weighted by Crippen LogP contribution is -2.27. The van der Waals surface area contributed by atoms with E-state index in [1.165, 1.54) is 6.07 Å². The smallest absolute Gasteiger partial charge is 0.252 e. The molecule has 0 saturated carbocycles. The number of anilines is 1. The molecule has 5 N–H and O–H groups in total. The first-order chi connectivity index (χ1) is 13.9. The van der Waals surface area contributed by atoms with Crippen molar-refractivity contribution in [2.24, 2.45) is 11.5 Å². The predicted molar refractivity (Wildman–Crippen MR) is 115 cm³/mol. The number of pyridine rings is 1. The fraction of sp³-hybridized carbons (Fsp3) is 0.182. The number of carbonyl (C=O) groups is 1. The average molecular weight is 409 g/mol. The number of aromatic nitrogens is 1. The third kappa shape index (κ3) is 3.90. The Morgan fingerprint density at radius 3 is 2.62 bits per heavy atom. The van der Waals surface area contributed by atoms with Crippen LogP contribution in [-0.2, 0) is 0 Å². The number of nitrogens with zero attached hydrogens (tertiary/aromatic N) is 2. The van der Waals surface area contributed by atoms with Gasteiger partial charge < -0.3 is 21.5 Å². The number of hydrogen-bond acceptors (Lipinski definition) is 5. The molecule has 1 aliphatic heterocycles. The Kier molecular flexibility index (Phi) is 5.13. The minimum absolute atomic E-state index is 0.0530. The zero-order valence-electron chi connectivity index (χ0n) is 15.7. The largest absolute Gasteiger partial charge is 0.507 e. The summed E-state index contributed by atoms with van der Waals surface area (Å²) in [4.78, 5) is 18.6. The van der Waals surface area contributed by atoms with Crippen LogP contribution in [0.25, 0.3) is 22.4 Å². The van der Waals surface area contributed by atoms with Crippen molar-refractivity contribution in [3.8, 4) is 28.1 Å². The molecule has 0 radical (unpaired) electrons. The first kappa shape index (κ1) is 19.2. The highest BCUT2D eigenvalue weighted by Crippen LogP contribution is 2.34. The third-order valence-electron chi connectivity index (χ3n) is 5.10. The quantitative estimate of drug-likeness (QED) is 0.613. The van der Waals surface area contributed by atoms with Crippen molar-refractivity contribution < 1.29 is 9.90 Å². The fourth-order valence-electron chi connectivity index (χ4n) is 3.56.